The van der Waals surface area contributed by atoms with Gasteiger partial charge in [-0.25, -0.2) is 4.68 Å². The van der Waals surface area contributed by atoms with E-state index in [1.807, 2.05) is 19.1 Å². The van der Waals surface area contributed by atoms with E-state index in [-0.39, 0.29) is 36.2 Å². The molecule has 3 aromatic rings. The first-order valence-corrected chi connectivity index (χ1v) is 14.0. The fourth-order valence-corrected chi connectivity index (χ4v) is 5.79. The Labute approximate surface area is 241 Å². The Hall–Kier alpha value is -3.90. The molecule has 2 aromatic carbocycles. The van der Waals surface area contributed by atoms with Gasteiger partial charge in [0.15, 0.2) is 5.69 Å². The van der Waals surface area contributed by atoms with Gasteiger partial charge in [-0.15, -0.1) is 0 Å². The Balaban J connectivity index is 1.24. The SMILES string of the molecule is COc1ccc(-n2nc(C(F)(F)F)c3c2C(=O)N(c2ccc(C4(NC(=O)C(C)N5CCOCC5)CC4)cc2)CC3)cc1. The first kappa shape index (κ1) is 28.2. The monoisotopic (exact) mass is 583 g/mol. The number of methoxy groups -OCH3 is 1. The highest BCUT2D eigenvalue weighted by atomic mass is 19.4. The van der Waals surface area contributed by atoms with E-state index in [2.05, 4.69) is 15.3 Å². The zero-order valence-corrected chi connectivity index (χ0v) is 23.4. The quantitative estimate of drug-likeness (QED) is 0.454. The highest BCUT2D eigenvalue weighted by Gasteiger charge is 2.47. The molecular weight excluding hydrogens is 551 g/mol. The van der Waals surface area contributed by atoms with Crippen LogP contribution in [0.1, 0.15) is 47.1 Å². The maximum absolute atomic E-state index is 13.9. The highest BCUT2D eigenvalue weighted by molar-refractivity contribution is 6.07. The van der Waals surface area contributed by atoms with Crippen molar-refractivity contribution in [1.82, 2.24) is 20.0 Å². The highest BCUT2D eigenvalue weighted by Crippen LogP contribution is 2.46. The number of nitrogens with one attached hydrogen (secondary N) is 1. The summed E-state index contributed by atoms with van der Waals surface area (Å²) >= 11 is 0. The molecule has 1 saturated heterocycles. The molecule has 1 atom stereocenters. The molecule has 42 heavy (non-hydrogen) atoms. The second-order valence-corrected chi connectivity index (χ2v) is 10.9. The van der Waals surface area contributed by atoms with Gasteiger partial charge in [0, 0.05) is 30.9 Å². The zero-order valence-electron chi connectivity index (χ0n) is 23.4. The zero-order chi connectivity index (χ0) is 29.6. The van der Waals surface area contributed by atoms with Crippen LogP contribution in [0.2, 0.25) is 0 Å². The molecule has 1 saturated carbocycles. The smallest absolute Gasteiger partial charge is 0.435 e. The molecule has 3 aliphatic rings. The number of fused-ring (bicyclic) bond motifs is 1. The van der Waals surface area contributed by atoms with Crippen LogP contribution in [0.4, 0.5) is 18.9 Å². The van der Waals surface area contributed by atoms with Gasteiger partial charge in [0.2, 0.25) is 5.91 Å². The van der Waals surface area contributed by atoms with E-state index < -0.39 is 23.3 Å². The molecule has 2 amide bonds. The lowest BCUT2D eigenvalue weighted by atomic mass is 10.0. The maximum atomic E-state index is 13.9. The second kappa shape index (κ2) is 10.7. The van der Waals surface area contributed by atoms with Crippen LogP contribution in [0, 0.1) is 0 Å². The Bertz CT molecular complexity index is 1480. The van der Waals surface area contributed by atoms with E-state index in [9.17, 15) is 22.8 Å². The molecule has 12 heteroatoms. The Morgan fingerprint density at radius 2 is 1.67 bits per heavy atom. The van der Waals surface area contributed by atoms with Gasteiger partial charge in [-0.2, -0.15) is 18.3 Å². The topological polar surface area (TPSA) is 88.9 Å². The summed E-state index contributed by atoms with van der Waals surface area (Å²) < 4.78 is 53.4. The normalized spacial score (nSPS) is 19.3. The minimum atomic E-state index is -4.70. The third-order valence-electron chi connectivity index (χ3n) is 8.42. The summed E-state index contributed by atoms with van der Waals surface area (Å²) in [5, 5.41) is 7.07. The van der Waals surface area contributed by atoms with Gasteiger partial charge in [-0.05, 0) is 68.1 Å². The maximum Gasteiger partial charge on any atom is 0.435 e. The van der Waals surface area contributed by atoms with Gasteiger partial charge < -0.3 is 19.7 Å². The van der Waals surface area contributed by atoms with Crippen LogP contribution in [-0.4, -0.2) is 72.5 Å². The Kier molecular flexibility index (Phi) is 7.22. The van der Waals surface area contributed by atoms with Gasteiger partial charge in [0.25, 0.3) is 5.91 Å². The third kappa shape index (κ3) is 5.13. The number of carbonyl (C=O) groups is 2. The van der Waals surface area contributed by atoms with Crippen molar-refractivity contribution < 1.29 is 32.2 Å². The lowest BCUT2D eigenvalue weighted by molar-refractivity contribution is -0.142. The van der Waals surface area contributed by atoms with Gasteiger partial charge in [-0.1, -0.05) is 12.1 Å². The number of hydrogen-bond donors (Lipinski definition) is 1. The van der Waals surface area contributed by atoms with Gasteiger partial charge in [-0.3, -0.25) is 14.5 Å². The molecule has 3 heterocycles. The van der Waals surface area contributed by atoms with Crippen molar-refractivity contribution in [2.24, 2.45) is 0 Å². The number of morpholine rings is 1. The Morgan fingerprint density at radius 3 is 2.26 bits per heavy atom. The molecule has 9 nitrogen and oxygen atoms in total. The fraction of sp³-hybridized carbons (Fsp3) is 0.433. The minimum Gasteiger partial charge on any atom is -0.497 e. The summed E-state index contributed by atoms with van der Waals surface area (Å²) in [5.41, 5.74) is 0.108. The summed E-state index contributed by atoms with van der Waals surface area (Å²) in [6, 6.07) is 13.4. The summed E-state index contributed by atoms with van der Waals surface area (Å²) in [6.45, 7) is 4.63. The van der Waals surface area contributed by atoms with Crippen molar-refractivity contribution in [3.05, 3.63) is 71.0 Å². The standard InChI is InChI=1S/C30H32F3N5O4/c1-19(36-15-17-42-18-16-36)27(39)34-29(12-13-29)20-3-5-21(6-4-20)37-14-11-24-25(28(37)40)38(35-26(24)30(31,32)33)22-7-9-23(41-2)10-8-22/h3-10,19H,11-18H2,1-2H3,(H,34,39). The predicted octanol–water partition coefficient (Wildman–Crippen LogP) is 3.93. The van der Waals surface area contributed by atoms with E-state index in [1.54, 1.807) is 36.4 Å². The van der Waals surface area contributed by atoms with E-state index in [0.29, 0.717) is 43.4 Å². The number of halogens is 3. The summed E-state index contributed by atoms with van der Waals surface area (Å²) in [6.07, 6.45) is -3.08. The van der Waals surface area contributed by atoms with Crippen molar-refractivity contribution >= 4 is 17.5 Å². The number of carbonyl (C=O) groups excluding carboxylic acids is 2. The van der Waals surface area contributed by atoms with Crippen LogP contribution in [0.5, 0.6) is 5.75 Å². The molecule has 1 aromatic heterocycles. The summed E-state index contributed by atoms with van der Waals surface area (Å²) in [5.74, 6) is -0.0647. The molecule has 6 rings (SSSR count). The lowest BCUT2D eigenvalue weighted by Crippen LogP contribution is -2.51. The first-order chi connectivity index (χ1) is 20.1. The van der Waals surface area contributed by atoms with Crippen LogP contribution < -0.4 is 15.0 Å². The van der Waals surface area contributed by atoms with E-state index >= 15 is 0 Å². The van der Waals surface area contributed by atoms with Crippen LogP contribution >= 0.6 is 0 Å². The molecule has 1 aliphatic carbocycles. The van der Waals surface area contributed by atoms with Gasteiger partial charge >= 0.3 is 6.18 Å². The number of ether oxygens (including phenoxy) is 2. The molecule has 222 valence electrons. The predicted molar refractivity (Wildman–Crippen MR) is 148 cm³/mol. The van der Waals surface area contributed by atoms with Crippen LogP contribution in [-0.2, 0) is 27.7 Å². The Morgan fingerprint density at radius 1 is 1.02 bits per heavy atom. The number of rotatable bonds is 7. The van der Waals surface area contributed by atoms with E-state index in [0.717, 1.165) is 23.1 Å². The molecule has 0 bridgehead atoms. The largest absolute Gasteiger partial charge is 0.497 e. The average molecular weight is 584 g/mol. The molecule has 0 spiro atoms. The molecule has 1 N–H and O–H groups in total. The van der Waals surface area contributed by atoms with E-state index in [1.165, 1.54) is 12.0 Å². The number of aromatic nitrogens is 2. The van der Waals surface area contributed by atoms with E-state index in [4.69, 9.17) is 9.47 Å². The van der Waals surface area contributed by atoms with Crippen LogP contribution in [0.15, 0.2) is 48.5 Å². The number of amides is 2. The summed E-state index contributed by atoms with van der Waals surface area (Å²) in [7, 11) is 1.49. The van der Waals surface area contributed by atoms with Crippen molar-refractivity contribution in [3.63, 3.8) is 0 Å². The molecule has 2 fully saturated rings. The van der Waals surface area contributed by atoms with Crippen molar-refractivity contribution in [2.75, 3.05) is 44.9 Å². The van der Waals surface area contributed by atoms with Crippen molar-refractivity contribution in [3.8, 4) is 11.4 Å². The molecule has 2 aliphatic heterocycles. The minimum absolute atomic E-state index is 0.00719. The molecule has 0 radical (unpaired) electrons. The van der Waals surface area contributed by atoms with Gasteiger partial charge in [0.1, 0.15) is 11.4 Å². The second-order valence-electron chi connectivity index (χ2n) is 10.9. The third-order valence-corrected chi connectivity index (χ3v) is 8.42. The summed E-state index contributed by atoms with van der Waals surface area (Å²) in [4.78, 5) is 30.4. The average Bonchev–Trinajstić information content (AvgIpc) is 3.66. The first-order valence-electron chi connectivity index (χ1n) is 14.0. The van der Waals surface area contributed by atoms with Crippen LogP contribution in [0.25, 0.3) is 5.69 Å². The van der Waals surface area contributed by atoms with Crippen molar-refractivity contribution in [1.29, 1.82) is 0 Å². The van der Waals surface area contributed by atoms with Crippen molar-refractivity contribution in [2.45, 2.75) is 43.9 Å². The molecule has 1 unspecified atom stereocenters. The fourth-order valence-electron chi connectivity index (χ4n) is 5.79. The number of benzene rings is 2. The molecular formula is C30H32F3N5O4. The number of alkyl halides is 3. The number of hydrogen-bond acceptors (Lipinski definition) is 6. The number of anilines is 1. The lowest BCUT2D eigenvalue weighted by Gasteiger charge is -2.32. The number of nitrogens with zero attached hydrogens (tertiary/aromatic N) is 4. The van der Waals surface area contributed by atoms with Crippen LogP contribution in [0.3, 0.4) is 0 Å². The van der Waals surface area contributed by atoms with Gasteiger partial charge in [0.05, 0.1) is 37.6 Å².